The van der Waals surface area contributed by atoms with E-state index in [1.807, 2.05) is 24.3 Å². The van der Waals surface area contributed by atoms with Crippen LogP contribution >= 0.6 is 0 Å². The maximum Gasteiger partial charge on any atom is 0.327 e. The quantitative estimate of drug-likeness (QED) is 0.619. The van der Waals surface area contributed by atoms with E-state index in [0.29, 0.717) is 12.8 Å². The number of benzene rings is 1. The van der Waals surface area contributed by atoms with Crippen LogP contribution < -0.4 is 4.74 Å². The molecule has 3 rings (SSSR count). The van der Waals surface area contributed by atoms with Crippen molar-refractivity contribution in [2.24, 2.45) is 5.41 Å². The fourth-order valence-electron chi connectivity index (χ4n) is 3.92. The van der Waals surface area contributed by atoms with Crippen LogP contribution in [0.1, 0.15) is 31.2 Å². The number of ether oxygens (including phenoxy) is 3. The molecule has 1 fully saturated rings. The zero-order valence-corrected chi connectivity index (χ0v) is 12.9. The Morgan fingerprint density at radius 1 is 1.05 bits per heavy atom. The zero-order chi connectivity index (χ0) is 15.8. The fourth-order valence-corrected chi connectivity index (χ4v) is 3.92. The van der Waals surface area contributed by atoms with E-state index < -0.39 is 23.0 Å². The van der Waals surface area contributed by atoms with Crippen LogP contribution in [0.15, 0.2) is 24.3 Å². The van der Waals surface area contributed by atoms with E-state index in [1.165, 1.54) is 14.2 Å². The summed E-state index contributed by atoms with van der Waals surface area (Å²) >= 11 is 0. The normalized spacial score (nSPS) is 20.8. The first-order valence-electron chi connectivity index (χ1n) is 7.53. The second-order valence-electron chi connectivity index (χ2n) is 5.98. The average Bonchev–Trinajstić information content (AvgIpc) is 3.01. The van der Waals surface area contributed by atoms with Crippen molar-refractivity contribution in [3.8, 4) is 5.75 Å². The molecule has 0 aromatic heterocycles. The molecule has 0 N–H and O–H groups in total. The van der Waals surface area contributed by atoms with E-state index >= 15 is 0 Å². The number of hydrogen-bond donors (Lipinski definition) is 0. The first kappa shape index (κ1) is 14.9. The van der Waals surface area contributed by atoms with Crippen LogP contribution in [0.4, 0.5) is 0 Å². The van der Waals surface area contributed by atoms with Gasteiger partial charge < -0.3 is 14.2 Å². The van der Waals surface area contributed by atoms with Crippen molar-refractivity contribution >= 4 is 11.9 Å². The molecule has 2 aliphatic rings. The summed E-state index contributed by atoms with van der Waals surface area (Å²) in [6, 6.07) is 7.52. The predicted molar refractivity (Wildman–Crippen MR) is 78.4 cm³/mol. The summed E-state index contributed by atoms with van der Waals surface area (Å²) < 4.78 is 16.2. The summed E-state index contributed by atoms with van der Waals surface area (Å²) in [6.45, 7) is 0. The smallest absolute Gasteiger partial charge is 0.327 e. The second-order valence-corrected chi connectivity index (χ2v) is 5.98. The third kappa shape index (κ3) is 1.84. The summed E-state index contributed by atoms with van der Waals surface area (Å²) in [5.41, 5.74) is -1.47. The topological polar surface area (TPSA) is 61.8 Å². The summed E-state index contributed by atoms with van der Waals surface area (Å²) in [7, 11) is 2.60. The van der Waals surface area contributed by atoms with Gasteiger partial charge in [-0.2, -0.15) is 0 Å². The minimum Gasteiger partial charge on any atom is -0.485 e. The van der Waals surface area contributed by atoms with Gasteiger partial charge in [0.2, 0.25) is 5.41 Å². The Balaban J connectivity index is 2.20. The van der Waals surface area contributed by atoms with E-state index in [2.05, 4.69) is 0 Å². The number of methoxy groups -OCH3 is 2. The SMILES string of the molecule is COC(=O)C1(C(=O)OC)Cc2ccccc2OC12CCCC2. The molecule has 118 valence electrons. The Morgan fingerprint density at radius 2 is 1.64 bits per heavy atom. The van der Waals surface area contributed by atoms with Gasteiger partial charge in [0.25, 0.3) is 0 Å². The lowest BCUT2D eigenvalue weighted by Crippen LogP contribution is -2.63. The van der Waals surface area contributed by atoms with Gasteiger partial charge in [0.1, 0.15) is 11.4 Å². The van der Waals surface area contributed by atoms with Gasteiger partial charge in [-0.25, -0.2) is 0 Å². The molecule has 1 aromatic rings. The molecule has 1 spiro atoms. The molecule has 1 saturated carbocycles. The maximum atomic E-state index is 12.7. The number of carbonyl (C=O) groups excluding carboxylic acids is 2. The van der Waals surface area contributed by atoms with E-state index in [1.54, 1.807) is 0 Å². The lowest BCUT2D eigenvalue weighted by Gasteiger charge is -2.47. The summed E-state index contributed by atoms with van der Waals surface area (Å²) in [5, 5.41) is 0. The minimum atomic E-state index is -1.43. The predicted octanol–water partition coefficient (Wildman–Crippen LogP) is 2.27. The number of para-hydroxylation sites is 1. The van der Waals surface area contributed by atoms with Crippen LogP contribution in [0.5, 0.6) is 5.75 Å². The summed E-state index contributed by atoms with van der Waals surface area (Å²) in [5.74, 6) is -0.403. The van der Waals surface area contributed by atoms with Crippen molar-refractivity contribution < 1.29 is 23.8 Å². The molecule has 0 saturated heterocycles. The highest BCUT2D eigenvalue weighted by Gasteiger charge is 2.68. The van der Waals surface area contributed by atoms with Gasteiger partial charge in [0.15, 0.2) is 0 Å². The number of hydrogen-bond acceptors (Lipinski definition) is 5. The van der Waals surface area contributed by atoms with Crippen molar-refractivity contribution in [1.82, 2.24) is 0 Å². The highest BCUT2D eigenvalue weighted by atomic mass is 16.6. The monoisotopic (exact) mass is 304 g/mol. The molecule has 1 heterocycles. The number of rotatable bonds is 2. The van der Waals surface area contributed by atoms with Crippen molar-refractivity contribution in [2.75, 3.05) is 14.2 Å². The summed E-state index contributed by atoms with van der Waals surface area (Å²) in [6.07, 6.45) is 3.37. The standard InChI is InChI=1S/C17H20O5/c1-20-14(18)17(15(19)21-2)11-12-7-3-4-8-13(12)22-16(17)9-5-6-10-16/h3-4,7-8H,5-6,9-11H2,1-2H3. The molecule has 0 amide bonds. The highest BCUT2D eigenvalue weighted by molar-refractivity contribution is 6.02. The Bertz CT molecular complexity index is 585. The fraction of sp³-hybridized carbons (Fsp3) is 0.529. The number of esters is 2. The van der Waals surface area contributed by atoms with Crippen LogP contribution in [0, 0.1) is 5.41 Å². The lowest BCUT2D eigenvalue weighted by molar-refractivity contribution is -0.189. The summed E-state index contributed by atoms with van der Waals surface area (Å²) in [4.78, 5) is 25.3. The van der Waals surface area contributed by atoms with Crippen molar-refractivity contribution in [2.45, 2.75) is 37.7 Å². The number of carbonyl (C=O) groups is 2. The molecule has 1 aliphatic carbocycles. The van der Waals surface area contributed by atoms with Gasteiger partial charge >= 0.3 is 11.9 Å². The van der Waals surface area contributed by atoms with E-state index in [0.717, 1.165) is 24.2 Å². The third-order valence-electron chi connectivity index (χ3n) is 4.99. The van der Waals surface area contributed by atoms with E-state index in [9.17, 15) is 9.59 Å². The Morgan fingerprint density at radius 3 is 2.23 bits per heavy atom. The van der Waals surface area contributed by atoms with E-state index in [-0.39, 0.29) is 6.42 Å². The van der Waals surface area contributed by atoms with Crippen LogP contribution in [0.3, 0.4) is 0 Å². The van der Waals surface area contributed by atoms with Crippen LogP contribution in [0.2, 0.25) is 0 Å². The average molecular weight is 304 g/mol. The molecule has 1 aromatic carbocycles. The van der Waals surface area contributed by atoms with Crippen LogP contribution in [-0.4, -0.2) is 31.8 Å². The Kier molecular flexibility index (Phi) is 3.59. The first-order valence-corrected chi connectivity index (χ1v) is 7.53. The van der Waals surface area contributed by atoms with Gasteiger partial charge in [0.05, 0.1) is 14.2 Å². The van der Waals surface area contributed by atoms with Crippen LogP contribution in [-0.2, 0) is 25.5 Å². The lowest BCUT2D eigenvalue weighted by atomic mass is 9.65. The highest BCUT2D eigenvalue weighted by Crippen LogP contribution is 2.54. The van der Waals surface area contributed by atoms with Crippen molar-refractivity contribution in [3.05, 3.63) is 29.8 Å². The van der Waals surface area contributed by atoms with Gasteiger partial charge in [-0.05, 0) is 37.3 Å². The van der Waals surface area contributed by atoms with Gasteiger partial charge in [-0.1, -0.05) is 18.2 Å². The third-order valence-corrected chi connectivity index (χ3v) is 4.99. The molecular weight excluding hydrogens is 284 g/mol. The van der Waals surface area contributed by atoms with Crippen LogP contribution in [0.25, 0.3) is 0 Å². The maximum absolute atomic E-state index is 12.7. The zero-order valence-electron chi connectivity index (χ0n) is 12.9. The van der Waals surface area contributed by atoms with Gasteiger partial charge in [-0.15, -0.1) is 0 Å². The molecule has 0 bridgehead atoms. The molecule has 0 unspecified atom stereocenters. The first-order chi connectivity index (χ1) is 10.6. The molecule has 5 heteroatoms. The van der Waals surface area contributed by atoms with Crippen molar-refractivity contribution in [1.29, 1.82) is 0 Å². The molecule has 0 radical (unpaired) electrons. The Labute approximate surface area is 129 Å². The largest absolute Gasteiger partial charge is 0.485 e. The second kappa shape index (κ2) is 5.30. The molecule has 1 aliphatic heterocycles. The Hall–Kier alpha value is -2.04. The van der Waals surface area contributed by atoms with E-state index in [4.69, 9.17) is 14.2 Å². The molecule has 22 heavy (non-hydrogen) atoms. The van der Waals surface area contributed by atoms with Gasteiger partial charge in [0, 0.05) is 6.42 Å². The molecule has 5 nitrogen and oxygen atoms in total. The molecule has 0 atom stereocenters. The molecular formula is C17H20O5. The van der Waals surface area contributed by atoms with Crippen molar-refractivity contribution in [3.63, 3.8) is 0 Å². The number of fused-ring (bicyclic) bond motifs is 1. The minimum absolute atomic E-state index is 0.252. The van der Waals surface area contributed by atoms with Gasteiger partial charge in [-0.3, -0.25) is 9.59 Å².